The molecule has 7 heteroatoms. The molecule has 6 nitrogen and oxygen atoms in total. The Morgan fingerprint density at radius 3 is 2.46 bits per heavy atom. The van der Waals surface area contributed by atoms with Crippen LogP contribution in [0, 0.1) is 0 Å². The lowest BCUT2D eigenvalue weighted by molar-refractivity contribution is -0.143. The normalized spacial score (nSPS) is 16.2. The second-order valence-corrected chi connectivity index (χ2v) is 6.62. The average molecular weight is 454 g/mol. The molecule has 0 aromatic carbocycles. The number of guanidine groups is 1. The van der Waals surface area contributed by atoms with E-state index >= 15 is 0 Å². The highest BCUT2D eigenvalue weighted by Gasteiger charge is 2.27. The molecule has 1 heterocycles. The summed E-state index contributed by atoms with van der Waals surface area (Å²) >= 11 is 0. The molecule has 1 saturated heterocycles. The maximum Gasteiger partial charge on any atom is 0.305 e. The first-order valence-corrected chi connectivity index (χ1v) is 8.85. The fourth-order valence-electron chi connectivity index (χ4n) is 2.80. The van der Waals surface area contributed by atoms with Gasteiger partial charge in [-0.2, -0.15) is 0 Å². The predicted octanol–water partition coefficient (Wildman–Crippen LogP) is 2.38. The molecule has 1 fully saturated rings. The van der Waals surface area contributed by atoms with Crippen molar-refractivity contribution >= 4 is 35.9 Å². The van der Waals surface area contributed by atoms with Crippen LogP contribution >= 0.6 is 24.0 Å². The Morgan fingerprint density at radius 1 is 1.21 bits per heavy atom. The number of piperidine rings is 1. The van der Waals surface area contributed by atoms with Crippen molar-refractivity contribution in [1.29, 1.82) is 0 Å². The van der Waals surface area contributed by atoms with Crippen LogP contribution in [0.5, 0.6) is 0 Å². The third-order valence-electron chi connectivity index (χ3n) is 4.28. The first-order valence-electron chi connectivity index (χ1n) is 8.85. The molecule has 2 N–H and O–H groups in total. The zero-order chi connectivity index (χ0) is 17.1. The number of rotatable bonds is 8. The quantitative estimate of drug-likeness (QED) is 0.194. The van der Waals surface area contributed by atoms with Gasteiger partial charge in [-0.05, 0) is 53.1 Å². The molecule has 1 rings (SSSR count). The van der Waals surface area contributed by atoms with Crippen molar-refractivity contribution in [3.8, 4) is 0 Å². The minimum atomic E-state index is -0.136. The van der Waals surface area contributed by atoms with Gasteiger partial charge in [0.2, 0.25) is 0 Å². The van der Waals surface area contributed by atoms with Gasteiger partial charge in [-0.3, -0.25) is 14.7 Å². The SMILES string of the molecule is CCOC(=O)CCCNC(=NC)NCC(C)(C)N1CCCCC1.I. The minimum Gasteiger partial charge on any atom is -0.466 e. The third-order valence-corrected chi connectivity index (χ3v) is 4.28. The summed E-state index contributed by atoms with van der Waals surface area (Å²) in [5, 5.41) is 6.66. The number of carbonyl (C=O) groups is 1. The summed E-state index contributed by atoms with van der Waals surface area (Å²) in [5.41, 5.74) is 0.114. The first-order chi connectivity index (χ1) is 11.0. The van der Waals surface area contributed by atoms with E-state index in [1.807, 2.05) is 6.92 Å². The molecule has 0 aromatic heterocycles. The molecule has 0 radical (unpaired) electrons. The second kappa shape index (κ2) is 12.7. The molecule has 1 aliphatic rings. The highest BCUT2D eigenvalue weighted by atomic mass is 127. The predicted molar refractivity (Wildman–Crippen MR) is 110 cm³/mol. The Labute approximate surface area is 164 Å². The molecule has 0 saturated carbocycles. The number of esters is 1. The summed E-state index contributed by atoms with van der Waals surface area (Å²) in [7, 11) is 1.77. The van der Waals surface area contributed by atoms with Gasteiger partial charge in [0.1, 0.15) is 0 Å². The first kappa shape index (κ1) is 23.4. The van der Waals surface area contributed by atoms with E-state index < -0.39 is 0 Å². The van der Waals surface area contributed by atoms with Gasteiger partial charge in [-0.1, -0.05) is 6.42 Å². The lowest BCUT2D eigenvalue weighted by Gasteiger charge is -2.41. The molecule has 0 aliphatic carbocycles. The second-order valence-electron chi connectivity index (χ2n) is 6.62. The Morgan fingerprint density at radius 2 is 1.88 bits per heavy atom. The zero-order valence-electron chi connectivity index (χ0n) is 15.7. The standard InChI is InChI=1S/C17H34N4O2.HI/c1-5-23-15(22)10-9-11-19-16(18-4)20-14-17(2,3)21-12-7-6-8-13-21;/h5-14H2,1-4H3,(H2,18,19,20);1H. The topological polar surface area (TPSA) is 66.0 Å². The number of hydrogen-bond donors (Lipinski definition) is 2. The van der Waals surface area contributed by atoms with Crippen LogP contribution in [0.2, 0.25) is 0 Å². The fourth-order valence-corrected chi connectivity index (χ4v) is 2.80. The van der Waals surface area contributed by atoms with E-state index in [2.05, 4.69) is 34.4 Å². The van der Waals surface area contributed by atoms with Gasteiger partial charge < -0.3 is 15.4 Å². The van der Waals surface area contributed by atoms with Crippen LogP contribution in [0.25, 0.3) is 0 Å². The van der Waals surface area contributed by atoms with Crippen molar-refractivity contribution < 1.29 is 9.53 Å². The highest BCUT2D eigenvalue weighted by Crippen LogP contribution is 2.19. The van der Waals surface area contributed by atoms with Gasteiger partial charge in [0.05, 0.1) is 6.61 Å². The van der Waals surface area contributed by atoms with Crippen LogP contribution in [0.4, 0.5) is 0 Å². The molecular formula is C17H35IN4O2. The maximum atomic E-state index is 11.3. The van der Waals surface area contributed by atoms with Crippen LogP contribution in [0.3, 0.4) is 0 Å². The molecule has 1 aliphatic heterocycles. The number of likely N-dealkylation sites (tertiary alicyclic amines) is 1. The molecule has 0 amide bonds. The van der Waals surface area contributed by atoms with Crippen LogP contribution in [-0.4, -0.2) is 62.2 Å². The van der Waals surface area contributed by atoms with E-state index in [1.54, 1.807) is 7.05 Å². The Balaban J connectivity index is 0.00000529. The summed E-state index contributed by atoms with van der Waals surface area (Å²) in [6, 6.07) is 0. The van der Waals surface area contributed by atoms with Gasteiger partial charge in [0, 0.05) is 32.1 Å². The molecule has 142 valence electrons. The summed E-state index contributed by atoms with van der Waals surface area (Å²) in [6.45, 7) is 10.7. The summed E-state index contributed by atoms with van der Waals surface area (Å²) in [6.07, 6.45) is 5.13. The smallest absolute Gasteiger partial charge is 0.305 e. The van der Waals surface area contributed by atoms with Crippen LogP contribution in [0.1, 0.15) is 52.9 Å². The highest BCUT2D eigenvalue weighted by molar-refractivity contribution is 14.0. The van der Waals surface area contributed by atoms with E-state index in [0.29, 0.717) is 19.6 Å². The van der Waals surface area contributed by atoms with Crippen LogP contribution in [0.15, 0.2) is 4.99 Å². The third kappa shape index (κ3) is 9.05. The molecule has 0 atom stereocenters. The van der Waals surface area contributed by atoms with E-state index in [1.165, 1.54) is 32.4 Å². The van der Waals surface area contributed by atoms with E-state index in [0.717, 1.165) is 18.9 Å². The van der Waals surface area contributed by atoms with E-state index in [9.17, 15) is 4.79 Å². The van der Waals surface area contributed by atoms with Gasteiger partial charge >= 0.3 is 5.97 Å². The lowest BCUT2D eigenvalue weighted by atomic mass is 9.98. The van der Waals surface area contributed by atoms with Crippen LogP contribution in [-0.2, 0) is 9.53 Å². The Hall–Kier alpha value is -0.570. The summed E-state index contributed by atoms with van der Waals surface area (Å²) < 4.78 is 4.92. The maximum absolute atomic E-state index is 11.3. The number of halogens is 1. The Bertz CT molecular complexity index is 383. The summed E-state index contributed by atoms with van der Waals surface area (Å²) in [4.78, 5) is 18.1. The van der Waals surface area contributed by atoms with Crippen molar-refractivity contribution in [1.82, 2.24) is 15.5 Å². The number of ether oxygens (including phenoxy) is 1. The van der Waals surface area contributed by atoms with Gasteiger partial charge in [-0.15, -0.1) is 24.0 Å². The number of nitrogens with one attached hydrogen (secondary N) is 2. The molecule has 0 bridgehead atoms. The van der Waals surface area contributed by atoms with Crippen molar-refractivity contribution in [2.24, 2.45) is 4.99 Å². The van der Waals surface area contributed by atoms with Crippen LogP contribution < -0.4 is 10.6 Å². The van der Waals surface area contributed by atoms with Crippen molar-refractivity contribution in [2.45, 2.75) is 58.4 Å². The number of aliphatic imine (C=N–C) groups is 1. The zero-order valence-corrected chi connectivity index (χ0v) is 18.0. The molecule has 0 unspecified atom stereocenters. The largest absolute Gasteiger partial charge is 0.466 e. The minimum absolute atomic E-state index is 0. The molecule has 0 aromatic rings. The summed E-state index contributed by atoms with van der Waals surface area (Å²) in [5.74, 6) is 0.655. The van der Waals surface area contributed by atoms with E-state index in [-0.39, 0.29) is 35.5 Å². The number of carbonyl (C=O) groups excluding carboxylic acids is 1. The lowest BCUT2D eigenvalue weighted by Crippen LogP contribution is -2.54. The number of nitrogens with zero attached hydrogens (tertiary/aromatic N) is 2. The monoisotopic (exact) mass is 454 g/mol. The van der Waals surface area contributed by atoms with Gasteiger partial charge in [0.25, 0.3) is 0 Å². The van der Waals surface area contributed by atoms with E-state index in [4.69, 9.17) is 4.74 Å². The van der Waals surface area contributed by atoms with Crippen molar-refractivity contribution in [3.05, 3.63) is 0 Å². The van der Waals surface area contributed by atoms with Crippen molar-refractivity contribution in [2.75, 3.05) is 39.8 Å². The fraction of sp³-hybridized carbons (Fsp3) is 0.882. The average Bonchev–Trinajstić information content (AvgIpc) is 2.55. The Kier molecular flexibility index (Phi) is 12.4. The molecular weight excluding hydrogens is 419 g/mol. The van der Waals surface area contributed by atoms with Gasteiger partial charge in [0.15, 0.2) is 5.96 Å². The molecule has 0 spiro atoms. The van der Waals surface area contributed by atoms with Crippen molar-refractivity contribution in [3.63, 3.8) is 0 Å². The number of hydrogen-bond acceptors (Lipinski definition) is 4. The molecule has 24 heavy (non-hydrogen) atoms. The van der Waals surface area contributed by atoms with Gasteiger partial charge in [-0.25, -0.2) is 0 Å².